The molecule has 0 fully saturated rings. The van der Waals surface area contributed by atoms with Gasteiger partial charge < -0.3 is 24.1 Å². The van der Waals surface area contributed by atoms with E-state index >= 15 is 0 Å². The van der Waals surface area contributed by atoms with Crippen LogP contribution in [0, 0.1) is 6.92 Å². The van der Waals surface area contributed by atoms with E-state index < -0.39 is 23.5 Å². The number of hydrogen-bond acceptors (Lipinski definition) is 6. The first-order chi connectivity index (χ1) is 14.3. The van der Waals surface area contributed by atoms with Crippen LogP contribution in [0.15, 0.2) is 64.8 Å². The zero-order valence-electron chi connectivity index (χ0n) is 17.4. The molecule has 7 heteroatoms. The van der Waals surface area contributed by atoms with Gasteiger partial charge in [-0.1, -0.05) is 24.8 Å². The molecule has 2 aromatic rings. The molecular weight excluding hydrogens is 384 g/mol. The smallest absolute Gasteiger partial charge is 0.290 e. The number of carbonyl (C=O) groups is 2. The van der Waals surface area contributed by atoms with Crippen LogP contribution in [0.2, 0.25) is 0 Å². The highest BCUT2D eigenvalue weighted by Crippen LogP contribution is 2.39. The largest absolute Gasteiger partial charge is 0.503 e. The Bertz CT molecular complexity index is 972. The van der Waals surface area contributed by atoms with Crippen molar-refractivity contribution in [3.05, 3.63) is 77.5 Å². The molecule has 0 bridgehead atoms. The Morgan fingerprint density at radius 1 is 1.27 bits per heavy atom. The Morgan fingerprint density at radius 2 is 1.97 bits per heavy atom. The van der Waals surface area contributed by atoms with Crippen LogP contribution >= 0.6 is 0 Å². The van der Waals surface area contributed by atoms with E-state index in [9.17, 15) is 14.7 Å². The normalized spacial score (nSPS) is 16.5. The molecular formula is C23H26N2O5. The van der Waals surface area contributed by atoms with Gasteiger partial charge in [0.05, 0.1) is 11.6 Å². The van der Waals surface area contributed by atoms with Crippen molar-refractivity contribution in [1.29, 1.82) is 0 Å². The summed E-state index contributed by atoms with van der Waals surface area (Å²) >= 11 is 0. The topological polar surface area (TPSA) is 83.2 Å². The van der Waals surface area contributed by atoms with Crippen molar-refractivity contribution in [2.45, 2.75) is 13.0 Å². The molecule has 1 aliphatic heterocycles. The summed E-state index contributed by atoms with van der Waals surface area (Å²) < 4.78 is 11.0. The number of ketones is 1. The van der Waals surface area contributed by atoms with Crippen LogP contribution in [-0.4, -0.2) is 60.4 Å². The van der Waals surface area contributed by atoms with E-state index in [2.05, 4.69) is 6.58 Å². The molecule has 3 rings (SSSR count). The highest BCUT2D eigenvalue weighted by molar-refractivity contribution is 6.15. The van der Waals surface area contributed by atoms with Crippen molar-refractivity contribution in [3.8, 4) is 5.75 Å². The molecule has 0 spiro atoms. The predicted octanol–water partition coefficient (Wildman–Crippen LogP) is 3.29. The van der Waals surface area contributed by atoms with Crippen LogP contribution in [0.5, 0.6) is 5.75 Å². The fraction of sp³-hybridized carbons (Fsp3) is 0.304. The number of furan rings is 1. The summed E-state index contributed by atoms with van der Waals surface area (Å²) in [5.41, 5.74) is 0.719. The number of likely N-dealkylation sites (N-methyl/N-ethyl adjacent to an activating group) is 1. The fourth-order valence-electron chi connectivity index (χ4n) is 3.36. The minimum atomic E-state index is -0.719. The number of benzene rings is 1. The number of Topliss-reactive ketones (excluding diaryl/α,β-unsaturated/α-hetero) is 1. The molecule has 0 unspecified atom stereocenters. The maximum Gasteiger partial charge on any atom is 0.290 e. The number of hydrogen-bond donors (Lipinski definition) is 1. The molecule has 7 nitrogen and oxygen atoms in total. The standard InChI is InChI=1S/C23H26N2O5/c1-5-14-29-17-9-7-16(8-10-17)20-19(21(26)18-11-6-15(2)30-18)22(27)23(28)25(20)13-12-24(3)4/h5-11,20,27H,1,12-14H2,2-4H3/t20-/m0/s1. The van der Waals surface area contributed by atoms with Crippen LogP contribution in [-0.2, 0) is 4.79 Å². The summed E-state index contributed by atoms with van der Waals surface area (Å²) in [6, 6.07) is 9.62. The minimum Gasteiger partial charge on any atom is -0.503 e. The number of aliphatic hydroxyl groups is 1. The average Bonchev–Trinajstić information content (AvgIpc) is 3.26. The molecule has 0 saturated heterocycles. The molecule has 2 heterocycles. The first-order valence-electron chi connectivity index (χ1n) is 9.67. The molecule has 1 aromatic heterocycles. The summed E-state index contributed by atoms with van der Waals surface area (Å²) in [5.74, 6) is -0.297. The number of rotatable bonds is 9. The van der Waals surface area contributed by atoms with Gasteiger partial charge in [0.15, 0.2) is 11.5 Å². The van der Waals surface area contributed by atoms with Crippen LogP contribution in [0.25, 0.3) is 0 Å². The monoisotopic (exact) mass is 410 g/mol. The van der Waals surface area contributed by atoms with Gasteiger partial charge in [0.1, 0.15) is 18.1 Å². The van der Waals surface area contributed by atoms with Crippen LogP contribution < -0.4 is 4.74 Å². The van der Waals surface area contributed by atoms with Crippen LogP contribution in [0.3, 0.4) is 0 Å². The van der Waals surface area contributed by atoms with Gasteiger partial charge in [-0.05, 0) is 50.8 Å². The zero-order chi connectivity index (χ0) is 21.8. The number of aryl methyl sites for hydroxylation is 1. The maximum absolute atomic E-state index is 13.2. The van der Waals surface area contributed by atoms with Crippen molar-refractivity contribution in [2.75, 3.05) is 33.8 Å². The zero-order valence-corrected chi connectivity index (χ0v) is 17.4. The molecule has 0 aliphatic carbocycles. The summed E-state index contributed by atoms with van der Waals surface area (Å²) in [7, 11) is 3.79. The van der Waals surface area contributed by atoms with Gasteiger partial charge in [-0.25, -0.2) is 0 Å². The number of nitrogens with zero attached hydrogens (tertiary/aromatic N) is 2. The van der Waals surface area contributed by atoms with E-state index in [1.807, 2.05) is 19.0 Å². The van der Waals surface area contributed by atoms with Gasteiger partial charge in [0.25, 0.3) is 5.91 Å². The van der Waals surface area contributed by atoms with Crippen molar-refractivity contribution in [1.82, 2.24) is 9.80 Å². The van der Waals surface area contributed by atoms with E-state index in [0.717, 1.165) is 0 Å². The summed E-state index contributed by atoms with van der Waals surface area (Å²) in [6.07, 6.45) is 1.65. The minimum absolute atomic E-state index is 0.0212. The summed E-state index contributed by atoms with van der Waals surface area (Å²) in [4.78, 5) is 29.4. The molecule has 0 radical (unpaired) electrons. The van der Waals surface area contributed by atoms with Crippen molar-refractivity contribution < 1.29 is 23.8 Å². The second kappa shape index (κ2) is 9.00. The fourth-order valence-corrected chi connectivity index (χ4v) is 3.36. The van der Waals surface area contributed by atoms with Crippen molar-refractivity contribution in [2.24, 2.45) is 0 Å². The number of aliphatic hydroxyl groups excluding tert-OH is 1. The van der Waals surface area contributed by atoms with E-state index in [-0.39, 0.29) is 11.3 Å². The Hall–Kier alpha value is -3.32. The van der Waals surface area contributed by atoms with Crippen LogP contribution in [0.1, 0.15) is 27.9 Å². The first kappa shape index (κ1) is 21.4. The highest BCUT2D eigenvalue weighted by Gasteiger charge is 2.44. The number of carbonyl (C=O) groups excluding carboxylic acids is 2. The molecule has 1 amide bonds. The first-order valence-corrected chi connectivity index (χ1v) is 9.67. The Kier molecular flexibility index (Phi) is 6.42. The SMILES string of the molecule is C=CCOc1ccc([C@H]2C(C(=O)c3ccc(C)o3)=C(O)C(=O)N2CCN(C)C)cc1. The van der Waals surface area contributed by atoms with Gasteiger partial charge >= 0.3 is 0 Å². The van der Waals surface area contributed by atoms with Gasteiger partial charge in [-0.15, -0.1) is 0 Å². The predicted molar refractivity (Wildman–Crippen MR) is 113 cm³/mol. The highest BCUT2D eigenvalue weighted by atomic mass is 16.5. The van der Waals surface area contributed by atoms with E-state index in [4.69, 9.17) is 9.15 Å². The molecule has 158 valence electrons. The van der Waals surface area contributed by atoms with Crippen LogP contribution in [0.4, 0.5) is 0 Å². The van der Waals surface area contributed by atoms with E-state index in [1.165, 1.54) is 4.90 Å². The van der Waals surface area contributed by atoms with E-state index in [0.29, 0.717) is 36.8 Å². The lowest BCUT2D eigenvalue weighted by Gasteiger charge is -2.28. The second-order valence-corrected chi connectivity index (χ2v) is 7.37. The second-order valence-electron chi connectivity index (χ2n) is 7.37. The number of ether oxygens (including phenoxy) is 1. The average molecular weight is 410 g/mol. The van der Waals surface area contributed by atoms with Gasteiger partial charge in [0, 0.05) is 13.1 Å². The molecule has 1 aromatic carbocycles. The Balaban J connectivity index is 2.00. The molecule has 1 atom stereocenters. The van der Waals surface area contributed by atoms with Crippen molar-refractivity contribution >= 4 is 11.7 Å². The van der Waals surface area contributed by atoms with Gasteiger partial charge in [0.2, 0.25) is 5.78 Å². The molecule has 1 aliphatic rings. The lowest BCUT2D eigenvalue weighted by atomic mass is 9.95. The number of amides is 1. The lowest BCUT2D eigenvalue weighted by Crippen LogP contribution is -2.36. The quantitative estimate of drug-likeness (QED) is 0.505. The third kappa shape index (κ3) is 4.31. The summed E-state index contributed by atoms with van der Waals surface area (Å²) in [6.45, 7) is 6.66. The van der Waals surface area contributed by atoms with E-state index in [1.54, 1.807) is 49.4 Å². The molecule has 30 heavy (non-hydrogen) atoms. The van der Waals surface area contributed by atoms with Gasteiger partial charge in [-0.2, -0.15) is 0 Å². The summed E-state index contributed by atoms with van der Waals surface area (Å²) in [5, 5.41) is 10.6. The molecule has 0 saturated carbocycles. The third-order valence-corrected chi connectivity index (χ3v) is 4.86. The third-order valence-electron chi connectivity index (χ3n) is 4.86. The van der Waals surface area contributed by atoms with Gasteiger partial charge in [-0.3, -0.25) is 9.59 Å². The lowest BCUT2D eigenvalue weighted by molar-refractivity contribution is -0.129. The Morgan fingerprint density at radius 3 is 2.53 bits per heavy atom. The Labute approximate surface area is 175 Å². The van der Waals surface area contributed by atoms with Crippen molar-refractivity contribution in [3.63, 3.8) is 0 Å². The molecule has 1 N–H and O–H groups in total. The maximum atomic E-state index is 13.2.